The average Bonchev–Trinajstić information content (AvgIpc) is 3.51. The number of thiazole rings is 1. The van der Waals surface area contributed by atoms with Crippen LogP contribution in [-0.2, 0) is 19.1 Å². The van der Waals surface area contributed by atoms with E-state index in [-0.39, 0.29) is 29.9 Å². The molecule has 12 heteroatoms. The number of hydrogen-bond acceptors (Lipinski definition) is 9. The normalized spacial score (nSPS) is 19.0. The lowest BCUT2D eigenvalue weighted by Crippen LogP contribution is -2.32. The standard InChI is InChI=1S/C31H25N3O7S2/c1-2-40-30(38)17-11-13-19(14-12-17)32-22(35)16-41-21-10-6-7-18(15-21)23-24-26(42-27-25(23)43-31(39)33-27)29(37)34(28(24)36)20-8-4-3-5-9-20/h3-15,23-24,26H,2,16H2,1H3,(H,32,35)(H,33,39)/t23-,24-,26+/m0/s1. The number of carbonyl (C=O) groups is 4. The number of aromatic amines is 1. The van der Waals surface area contributed by atoms with Gasteiger partial charge in [0.2, 0.25) is 11.8 Å². The zero-order chi connectivity index (χ0) is 30.1. The molecule has 1 saturated heterocycles. The molecule has 4 aromatic rings. The molecule has 0 saturated carbocycles. The highest BCUT2D eigenvalue weighted by atomic mass is 32.2. The highest BCUT2D eigenvalue weighted by molar-refractivity contribution is 8.00. The van der Waals surface area contributed by atoms with Gasteiger partial charge in [0.1, 0.15) is 11.0 Å². The molecule has 2 aliphatic heterocycles. The summed E-state index contributed by atoms with van der Waals surface area (Å²) in [6, 6.07) is 22.1. The number of ether oxygens (including phenoxy) is 2. The van der Waals surface area contributed by atoms with Gasteiger partial charge in [-0.1, -0.05) is 53.4 Å². The molecule has 43 heavy (non-hydrogen) atoms. The van der Waals surface area contributed by atoms with Crippen molar-refractivity contribution in [2.75, 3.05) is 23.4 Å². The second-order valence-electron chi connectivity index (χ2n) is 9.80. The molecular formula is C31H25N3O7S2. The first-order valence-electron chi connectivity index (χ1n) is 13.5. The van der Waals surface area contributed by atoms with E-state index in [9.17, 15) is 24.0 Å². The van der Waals surface area contributed by atoms with Crippen LogP contribution in [0.5, 0.6) is 5.75 Å². The smallest absolute Gasteiger partial charge is 0.338 e. The highest BCUT2D eigenvalue weighted by Gasteiger charge is 2.56. The minimum Gasteiger partial charge on any atom is -0.484 e. The molecule has 0 bridgehead atoms. The first-order chi connectivity index (χ1) is 20.8. The van der Waals surface area contributed by atoms with Gasteiger partial charge in [-0.05, 0) is 61.0 Å². The lowest BCUT2D eigenvalue weighted by atomic mass is 9.83. The van der Waals surface area contributed by atoms with E-state index in [1.54, 1.807) is 73.7 Å². The fraction of sp³-hybridized carbons (Fsp3) is 0.194. The Morgan fingerprint density at radius 1 is 0.953 bits per heavy atom. The third-order valence-corrected chi connectivity index (χ3v) is 9.51. The molecule has 0 aliphatic carbocycles. The maximum absolute atomic E-state index is 13.8. The number of esters is 1. The van der Waals surface area contributed by atoms with Gasteiger partial charge in [-0.25, -0.2) is 9.69 Å². The summed E-state index contributed by atoms with van der Waals surface area (Å²) in [5.74, 6) is -2.41. The molecule has 10 nitrogen and oxygen atoms in total. The number of anilines is 2. The molecular weight excluding hydrogens is 590 g/mol. The summed E-state index contributed by atoms with van der Waals surface area (Å²) in [5.41, 5.74) is 2.06. The van der Waals surface area contributed by atoms with Gasteiger partial charge < -0.3 is 19.8 Å². The quantitative estimate of drug-likeness (QED) is 0.220. The van der Waals surface area contributed by atoms with Gasteiger partial charge >= 0.3 is 10.8 Å². The van der Waals surface area contributed by atoms with Crippen molar-refractivity contribution in [2.24, 2.45) is 5.92 Å². The molecule has 3 atom stereocenters. The summed E-state index contributed by atoms with van der Waals surface area (Å²) in [4.78, 5) is 68.6. The van der Waals surface area contributed by atoms with Crippen LogP contribution >= 0.6 is 23.1 Å². The largest absolute Gasteiger partial charge is 0.484 e. The summed E-state index contributed by atoms with van der Waals surface area (Å²) < 4.78 is 10.8. The third kappa shape index (κ3) is 5.58. The number of aromatic nitrogens is 1. The molecule has 3 amide bonds. The first-order valence-corrected chi connectivity index (χ1v) is 15.2. The monoisotopic (exact) mass is 615 g/mol. The number of fused-ring (bicyclic) bond motifs is 2. The van der Waals surface area contributed by atoms with Crippen molar-refractivity contribution in [1.29, 1.82) is 0 Å². The molecule has 2 N–H and O–H groups in total. The number of benzene rings is 3. The lowest BCUT2D eigenvalue weighted by Gasteiger charge is -2.30. The summed E-state index contributed by atoms with van der Waals surface area (Å²) in [6.07, 6.45) is 0. The molecule has 0 unspecified atom stereocenters. The van der Waals surface area contributed by atoms with E-state index in [0.717, 1.165) is 11.3 Å². The topological polar surface area (TPSA) is 135 Å². The minimum absolute atomic E-state index is 0.262. The van der Waals surface area contributed by atoms with Crippen LogP contribution in [0.3, 0.4) is 0 Å². The van der Waals surface area contributed by atoms with E-state index >= 15 is 0 Å². The van der Waals surface area contributed by atoms with Crippen molar-refractivity contribution >= 4 is 58.2 Å². The Morgan fingerprint density at radius 3 is 2.47 bits per heavy atom. The van der Waals surface area contributed by atoms with Crippen molar-refractivity contribution in [3.8, 4) is 5.75 Å². The molecule has 218 valence electrons. The number of nitrogens with zero attached hydrogens (tertiary/aromatic N) is 1. The maximum Gasteiger partial charge on any atom is 0.338 e. The van der Waals surface area contributed by atoms with Crippen LogP contribution in [0.2, 0.25) is 0 Å². The lowest BCUT2D eigenvalue weighted by molar-refractivity contribution is -0.122. The van der Waals surface area contributed by atoms with Gasteiger partial charge in [0, 0.05) is 16.5 Å². The van der Waals surface area contributed by atoms with Crippen molar-refractivity contribution < 1.29 is 28.7 Å². The van der Waals surface area contributed by atoms with Crippen LogP contribution in [0.1, 0.15) is 33.6 Å². The van der Waals surface area contributed by atoms with Crippen LogP contribution in [0.15, 0.2) is 88.7 Å². The predicted octanol–water partition coefficient (Wildman–Crippen LogP) is 4.43. The van der Waals surface area contributed by atoms with Gasteiger partial charge in [-0.3, -0.25) is 19.2 Å². The fourth-order valence-electron chi connectivity index (χ4n) is 5.26. The zero-order valence-corrected chi connectivity index (χ0v) is 24.4. The van der Waals surface area contributed by atoms with Crippen LogP contribution < -0.4 is 19.8 Å². The Labute approximate surface area is 254 Å². The summed E-state index contributed by atoms with van der Waals surface area (Å²) in [6.45, 7) is 1.70. The number of carbonyl (C=O) groups excluding carboxylic acids is 4. The Bertz CT molecular complexity index is 1770. The second-order valence-corrected chi connectivity index (χ2v) is 12.0. The summed E-state index contributed by atoms with van der Waals surface area (Å²) in [5, 5.41) is 2.59. The van der Waals surface area contributed by atoms with Gasteiger partial charge in [0.15, 0.2) is 6.61 Å². The fourth-order valence-corrected chi connectivity index (χ4v) is 7.77. The van der Waals surface area contributed by atoms with E-state index < -0.39 is 29.0 Å². The number of H-pyrrole nitrogens is 1. The molecule has 0 radical (unpaired) electrons. The highest BCUT2D eigenvalue weighted by Crippen LogP contribution is 2.53. The summed E-state index contributed by atoms with van der Waals surface area (Å²) >= 11 is 2.24. The van der Waals surface area contributed by atoms with E-state index in [0.29, 0.717) is 38.2 Å². The number of imide groups is 1. The van der Waals surface area contributed by atoms with Crippen LogP contribution in [0.4, 0.5) is 11.4 Å². The first kappa shape index (κ1) is 28.4. The van der Waals surface area contributed by atoms with E-state index in [2.05, 4.69) is 10.3 Å². The number of thioether (sulfide) groups is 1. The maximum atomic E-state index is 13.8. The number of rotatable bonds is 8. The van der Waals surface area contributed by atoms with E-state index in [4.69, 9.17) is 9.47 Å². The SMILES string of the molecule is CCOC(=O)c1ccc(NC(=O)COc2cccc([C@@H]3c4sc(=O)[nH]c4S[C@H]4C(=O)N(c5ccccc5)C(=O)[C@@H]34)c2)cc1. The van der Waals surface area contributed by atoms with Crippen molar-refractivity contribution in [2.45, 2.75) is 23.1 Å². The average molecular weight is 616 g/mol. The van der Waals surface area contributed by atoms with Crippen LogP contribution in [-0.4, -0.2) is 47.1 Å². The minimum atomic E-state index is -0.729. The zero-order valence-electron chi connectivity index (χ0n) is 22.8. The van der Waals surface area contributed by atoms with Crippen molar-refractivity contribution in [3.05, 3.63) is 105 Å². The molecule has 1 aromatic heterocycles. The van der Waals surface area contributed by atoms with Crippen molar-refractivity contribution in [3.63, 3.8) is 0 Å². The molecule has 3 heterocycles. The molecule has 2 aliphatic rings. The Morgan fingerprint density at radius 2 is 1.72 bits per heavy atom. The van der Waals surface area contributed by atoms with Gasteiger partial charge in [-0.2, -0.15) is 0 Å². The molecule has 6 rings (SSSR count). The van der Waals surface area contributed by atoms with E-state index in [1.165, 1.54) is 16.7 Å². The van der Waals surface area contributed by atoms with Gasteiger partial charge in [0.05, 0.1) is 28.8 Å². The van der Waals surface area contributed by atoms with Gasteiger partial charge in [-0.15, -0.1) is 0 Å². The van der Waals surface area contributed by atoms with Gasteiger partial charge in [0.25, 0.3) is 5.91 Å². The molecule has 1 fully saturated rings. The number of para-hydroxylation sites is 1. The summed E-state index contributed by atoms with van der Waals surface area (Å²) in [7, 11) is 0. The molecule has 3 aromatic carbocycles. The number of hydrogen-bond donors (Lipinski definition) is 2. The number of amides is 3. The Hall–Kier alpha value is -4.68. The van der Waals surface area contributed by atoms with E-state index in [1.807, 2.05) is 12.1 Å². The predicted molar refractivity (Wildman–Crippen MR) is 162 cm³/mol. The van der Waals surface area contributed by atoms with Crippen LogP contribution in [0.25, 0.3) is 0 Å². The Kier molecular flexibility index (Phi) is 7.87. The van der Waals surface area contributed by atoms with Crippen LogP contribution in [0, 0.1) is 5.92 Å². The Balaban J connectivity index is 1.21. The number of nitrogens with one attached hydrogen (secondary N) is 2. The third-order valence-electron chi connectivity index (χ3n) is 7.11. The second kappa shape index (κ2) is 11.9. The van der Waals surface area contributed by atoms with Crippen molar-refractivity contribution in [1.82, 2.24) is 4.98 Å². The molecule has 0 spiro atoms.